The van der Waals surface area contributed by atoms with Gasteiger partial charge in [-0.2, -0.15) is 0 Å². The molecule has 1 amide bonds. The van der Waals surface area contributed by atoms with Crippen LogP contribution in [-0.2, 0) is 0 Å². The van der Waals surface area contributed by atoms with Crippen LogP contribution >= 0.6 is 0 Å². The second kappa shape index (κ2) is 5.50. The van der Waals surface area contributed by atoms with Crippen molar-refractivity contribution in [1.82, 2.24) is 9.55 Å². The van der Waals surface area contributed by atoms with Crippen LogP contribution in [0, 0.1) is 0 Å². The molecule has 0 spiro atoms. The molecule has 104 valence electrons. The molecule has 0 aliphatic rings. The quantitative estimate of drug-likeness (QED) is 0.723. The Labute approximate surface area is 122 Å². The molecule has 0 fully saturated rings. The lowest BCUT2D eigenvalue weighted by molar-refractivity contribution is 0.102. The number of amides is 1. The number of carbonyl (C=O) groups is 1. The fraction of sp³-hybridized carbons (Fsp3) is 0. The van der Waals surface area contributed by atoms with Crippen LogP contribution in [0.4, 0.5) is 11.4 Å². The van der Waals surface area contributed by atoms with Crippen LogP contribution in [0.3, 0.4) is 0 Å². The lowest BCUT2D eigenvalue weighted by Crippen LogP contribution is -2.13. The maximum absolute atomic E-state index is 12.1. The summed E-state index contributed by atoms with van der Waals surface area (Å²) in [5.74, 6) is -0.219. The number of nitrogens with zero attached hydrogens (tertiary/aromatic N) is 2. The lowest BCUT2D eigenvalue weighted by atomic mass is 10.1. The van der Waals surface area contributed by atoms with Crippen molar-refractivity contribution in [2.24, 2.45) is 0 Å². The van der Waals surface area contributed by atoms with E-state index in [1.165, 1.54) is 0 Å². The maximum atomic E-state index is 12.1. The molecule has 0 atom stereocenters. The molecule has 5 nitrogen and oxygen atoms in total. The number of anilines is 2. The molecule has 0 unspecified atom stereocenters. The molecule has 0 aliphatic heterocycles. The van der Waals surface area contributed by atoms with Gasteiger partial charge in [-0.1, -0.05) is 12.1 Å². The van der Waals surface area contributed by atoms with Gasteiger partial charge in [-0.15, -0.1) is 0 Å². The van der Waals surface area contributed by atoms with Gasteiger partial charge in [0.05, 0.1) is 11.9 Å². The number of carbonyl (C=O) groups excluding carboxylic acids is 1. The fourth-order valence-corrected chi connectivity index (χ4v) is 2.03. The Morgan fingerprint density at radius 1 is 1.10 bits per heavy atom. The highest BCUT2D eigenvalue weighted by molar-refractivity contribution is 6.07. The van der Waals surface area contributed by atoms with E-state index in [0.717, 1.165) is 5.69 Å². The van der Waals surface area contributed by atoms with E-state index in [1.807, 2.05) is 35.0 Å². The highest BCUT2D eigenvalue weighted by atomic mass is 16.1. The third kappa shape index (κ3) is 2.76. The zero-order valence-electron chi connectivity index (χ0n) is 11.2. The van der Waals surface area contributed by atoms with Crippen molar-refractivity contribution in [3.63, 3.8) is 0 Å². The molecule has 5 heteroatoms. The van der Waals surface area contributed by atoms with E-state index < -0.39 is 0 Å². The van der Waals surface area contributed by atoms with Crippen LogP contribution < -0.4 is 11.1 Å². The largest absolute Gasteiger partial charge is 0.398 e. The van der Waals surface area contributed by atoms with Crippen LogP contribution in [0.1, 0.15) is 10.4 Å². The number of para-hydroxylation sites is 1. The molecule has 3 N–H and O–H groups in total. The van der Waals surface area contributed by atoms with Gasteiger partial charge in [0.15, 0.2) is 0 Å². The molecular formula is C16H14N4O. The maximum Gasteiger partial charge on any atom is 0.257 e. The predicted octanol–water partition coefficient (Wildman–Crippen LogP) is 2.71. The monoisotopic (exact) mass is 278 g/mol. The molecule has 0 saturated heterocycles. The Balaban J connectivity index is 1.77. The van der Waals surface area contributed by atoms with Crippen LogP contribution in [0.2, 0.25) is 0 Å². The number of nitrogens with one attached hydrogen (secondary N) is 1. The Hall–Kier alpha value is -3.08. The van der Waals surface area contributed by atoms with Gasteiger partial charge in [-0.25, -0.2) is 4.98 Å². The Morgan fingerprint density at radius 2 is 1.86 bits per heavy atom. The average molecular weight is 278 g/mol. The van der Waals surface area contributed by atoms with Gasteiger partial charge in [-0.3, -0.25) is 4.79 Å². The summed E-state index contributed by atoms with van der Waals surface area (Å²) >= 11 is 0. The standard InChI is InChI=1S/C16H14N4O/c17-15-4-2-1-3-14(15)16(21)19-12-5-7-13(8-6-12)20-10-9-18-11-20/h1-11H,17H2,(H,19,21). The van der Waals surface area contributed by atoms with Gasteiger partial charge in [0.2, 0.25) is 0 Å². The van der Waals surface area contributed by atoms with Crippen molar-refractivity contribution >= 4 is 17.3 Å². The van der Waals surface area contributed by atoms with Crippen molar-refractivity contribution in [2.75, 3.05) is 11.1 Å². The molecule has 3 rings (SSSR count). The molecule has 2 aromatic carbocycles. The fourth-order valence-electron chi connectivity index (χ4n) is 2.03. The summed E-state index contributed by atoms with van der Waals surface area (Å²) < 4.78 is 1.89. The zero-order chi connectivity index (χ0) is 14.7. The van der Waals surface area contributed by atoms with Gasteiger partial charge < -0.3 is 15.6 Å². The van der Waals surface area contributed by atoms with E-state index in [1.54, 1.807) is 36.8 Å². The van der Waals surface area contributed by atoms with Crippen molar-refractivity contribution in [3.05, 3.63) is 72.8 Å². The smallest absolute Gasteiger partial charge is 0.257 e. The minimum Gasteiger partial charge on any atom is -0.398 e. The number of hydrogen-bond donors (Lipinski definition) is 2. The lowest BCUT2D eigenvalue weighted by Gasteiger charge is -2.08. The number of hydrogen-bond acceptors (Lipinski definition) is 3. The minimum atomic E-state index is -0.219. The van der Waals surface area contributed by atoms with Crippen LogP contribution in [0.5, 0.6) is 0 Å². The molecule has 1 heterocycles. The van der Waals surface area contributed by atoms with Gasteiger partial charge >= 0.3 is 0 Å². The Morgan fingerprint density at radius 3 is 2.52 bits per heavy atom. The number of nitrogens with two attached hydrogens (primary N) is 1. The summed E-state index contributed by atoms with van der Waals surface area (Å²) in [7, 11) is 0. The number of aromatic nitrogens is 2. The van der Waals surface area contributed by atoms with Crippen LogP contribution in [0.15, 0.2) is 67.3 Å². The first-order valence-electron chi connectivity index (χ1n) is 6.48. The number of imidazole rings is 1. The number of benzene rings is 2. The Kier molecular flexibility index (Phi) is 3.39. The molecule has 0 aliphatic carbocycles. The highest BCUT2D eigenvalue weighted by Gasteiger charge is 2.09. The summed E-state index contributed by atoms with van der Waals surface area (Å²) in [5, 5.41) is 2.83. The van der Waals surface area contributed by atoms with Crippen molar-refractivity contribution in [3.8, 4) is 5.69 Å². The van der Waals surface area contributed by atoms with Crippen LogP contribution in [-0.4, -0.2) is 15.5 Å². The van der Waals surface area contributed by atoms with Gasteiger partial charge in [0.25, 0.3) is 5.91 Å². The minimum absolute atomic E-state index is 0.219. The van der Waals surface area contributed by atoms with Gasteiger partial charge in [0.1, 0.15) is 0 Å². The van der Waals surface area contributed by atoms with E-state index in [2.05, 4.69) is 10.3 Å². The molecule has 0 bridgehead atoms. The first kappa shape index (κ1) is 12.9. The molecule has 1 aromatic heterocycles. The highest BCUT2D eigenvalue weighted by Crippen LogP contribution is 2.16. The van der Waals surface area contributed by atoms with Crippen LogP contribution in [0.25, 0.3) is 5.69 Å². The summed E-state index contributed by atoms with van der Waals surface area (Å²) in [4.78, 5) is 16.1. The van der Waals surface area contributed by atoms with E-state index in [0.29, 0.717) is 16.9 Å². The van der Waals surface area contributed by atoms with E-state index in [9.17, 15) is 4.79 Å². The molecule has 21 heavy (non-hydrogen) atoms. The summed E-state index contributed by atoms with van der Waals surface area (Å²) in [6, 6.07) is 14.5. The number of rotatable bonds is 3. The van der Waals surface area contributed by atoms with Crippen molar-refractivity contribution in [1.29, 1.82) is 0 Å². The second-order valence-corrected chi connectivity index (χ2v) is 4.56. The van der Waals surface area contributed by atoms with E-state index in [4.69, 9.17) is 5.73 Å². The Bertz CT molecular complexity index is 748. The summed E-state index contributed by atoms with van der Waals surface area (Å²) in [5.41, 5.74) is 8.42. The number of nitrogen functional groups attached to an aromatic ring is 1. The predicted molar refractivity (Wildman–Crippen MR) is 82.4 cm³/mol. The molecule has 0 radical (unpaired) electrons. The first-order chi connectivity index (χ1) is 10.2. The third-order valence-corrected chi connectivity index (χ3v) is 3.13. The summed E-state index contributed by atoms with van der Waals surface area (Å²) in [6.45, 7) is 0. The first-order valence-corrected chi connectivity index (χ1v) is 6.48. The van der Waals surface area contributed by atoms with Gasteiger partial charge in [-0.05, 0) is 36.4 Å². The normalized spacial score (nSPS) is 10.3. The van der Waals surface area contributed by atoms with Crippen molar-refractivity contribution in [2.45, 2.75) is 0 Å². The third-order valence-electron chi connectivity index (χ3n) is 3.13. The van der Waals surface area contributed by atoms with E-state index in [-0.39, 0.29) is 5.91 Å². The van der Waals surface area contributed by atoms with Gasteiger partial charge in [0, 0.05) is 29.5 Å². The summed E-state index contributed by atoms with van der Waals surface area (Å²) in [6.07, 6.45) is 5.30. The second-order valence-electron chi connectivity index (χ2n) is 4.56. The molecular weight excluding hydrogens is 264 g/mol. The molecule has 0 saturated carbocycles. The van der Waals surface area contributed by atoms with E-state index >= 15 is 0 Å². The zero-order valence-corrected chi connectivity index (χ0v) is 11.2. The molecule has 3 aromatic rings. The van der Waals surface area contributed by atoms with Crippen molar-refractivity contribution < 1.29 is 4.79 Å². The SMILES string of the molecule is Nc1ccccc1C(=O)Nc1ccc(-n2ccnc2)cc1. The average Bonchev–Trinajstić information content (AvgIpc) is 3.02. The topological polar surface area (TPSA) is 72.9 Å².